The molecule has 7 heteroatoms. The van der Waals surface area contributed by atoms with Gasteiger partial charge in [0, 0.05) is 17.0 Å². The minimum atomic E-state index is -4.90. The minimum Gasteiger partial charge on any atom is -0.312 e. The standard InChI is InChI=1S/C11H10ClF4NO/c1-10(17,11(14,15)16)9(18)5-6-7(12)3-2-4-8(6)13/h2-4H,5,17H2,1H3. The van der Waals surface area contributed by atoms with E-state index in [1.165, 1.54) is 12.1 Å². The number of nitrogens with two attached hydrogens (primary N) is 1. The molecule has 0 aliphatic heterocycles. The molecular weight excluding hydrogens is 274 g/mol. The maximum Gasteiger partial charge on any atom is 0.413 e. The predicted molar refractivity (Wildman–Crippen MR) is 58.8 cm³/mol. The summed E-state index contributed by atoms with van der Waals surface area (Å²) in [6.45, 7) is 0.546. The van der Waals surface area contributed by atoms with Crippen molar-refractivity contribution in [3.63, 3.8) is 0 Å². The van der Waals surface area contributed by atoms with Gasteiger partial charge in [-0.05, 0) is 19.1 Å². The van der Waals surface area contributed by atoms with Crippen LogP contribution in [0.2, 0.25) is 5.02 Å². The van der Waals surface area contributed by atoms with Gasteiger partial charge in [0.2, 0.25) is 0 Å². The summed E-state index contributed by atoms with van der Waals surface area (Å²) in [7, 11) is 0. The summed E-state index contributed by atoms with van der Waals surface area (Å²) < 4.78 is 50.9. The van der Waals surface area contributed by atoms with Gasteiger partial charge in [-0.3, -0.25) is 4.79 Å². The zero-order valence-electron chi connectivity index (χ0n) is 9.31. The van der Waals surface area contributed by atoms with Gasteiger partial charge < -0.3 is 5.73 Å². The van der Waals surface area contributed by atoms with E-state index in [2.05, 4.69) is 0 Å². The number of ketones is 1. The number of benzene rings is 1. The van der Waals surface area contributed by atoms with Gasteiger partial charge in [0.15, 0.2) is 11.3 Å². The third-order valence-electron chi connectivity index (χ3n) is 2.57. The van der Waals surface area contributed by atoms with Gasteiger partial charge in [-0.2, -0.15) is 13.2 Å². The second-order valence-corrected chi connectivity index (χ2v) is 4.41. The molecule has 2 N–H and O–H groups in total. The molecule has 0 spiro atoms. The second-order valence-electron chi connectivity index (χ2n) is 4.00. The maximum absolute atomic E-state index is 13.3. The Morgan fingerprint density at radius 2 is 1.94 bits per heavy atom. The van der Waals surface area contributed by atoms with Crippen LogP contribution < -0.4 is 5.73 Å². The van der Waals surface area contributed by atoms with Crippen LogP contribution in [0.3, 0.4) is 0 Å². The Bertz CT molecular complexity index is 450. The van der Waals surface area contributed by atoms with E-state index in [1.807, 2.05) is 0 Å². The number of rotatable bonds is 3. The molecule has 0 amide bonds. The van der Waals surface area contributed by atoms with Crippen molar-refractivity contribution in [3.8, 4) is 0 Å². The monoisotopic (exact) mass is 283 g/mol. The summed E-state index contributed by atoms with van der Waals surface area (Å²) in [5.74, 6) is -2.18. The molecule has 0 heterocycles. The number of Topliss-reactive ketones (excluding diaryl/α,β-unsaturated/α-hetero) is 1. The normalized spacial score (nSPS) is 15.3. The van der Waals surface area contributed by atoms with Gasteiger partial charge in [0.05, 0.1) is 0 Å². The highest BCUT2D eigenvalue weighted by molar-refractivity contribution is 6.31. The van der Waals surface area contributed by atoms with Crippen molar-refractivity contribution in [2.24, 2.45) is 5.73 Å². The van der Waals surface area contributed by atoms with Gasteiger partial charge >= 0.3 is 6.18 Å². The number of hydrogen-bond acceptors (Lipinski definition) is 2. The molecule has 0 aromatic heterocycles. The summed E-state index contributed by atoms with van der Waals surface area (Å²) in [4.78, 5) is 11.5. The topological polar surface area (TPSA) is 43.1 Å². The SMILES string of the molecule is CC(N)(C(=O)Cc1c(F)cccc1Cl)C(F)(F)F. The van der Waals surface area contributed by atoms with Crippen LogP contribution in [0.15, 0.2) is 18.2 Å². The molecular formula is C11H10ClF4NO. The zero-order chi connectivity index (χ0) is 14.1. The number of halogens is 5. The molecule has 0 saturated carbocycles. The molecule has 0 aliphatic rings. The molecule has 0 aliphatic carbocycles. The zero-order valence-corrected chi connectivity index (χ0v) is 10.1. The highest BCUT2D eigenvalue weighted by Gasteiger charge is 2.53. The van der Waals surface area contributed by atoms with Gasteiger partial charge in [0.25, 0.3) is 0 Å². The summed E-state index contributed by atoms with van der Waals surface area (Å²) in [6, 6.07) is 3.58. The van der Waals surface area contributed by atoms with Crippen LogP contribution in [-0.2, 0) is 11.2 Å². The van der Waals surface area contributed by atoms with Crippen LogP contribution in [-0.4, -0.2) is 17.5 Å². The van der Waals surface area contributed by atoms with Crippen LogP contribution in [0.1, 0.15) is 12.5 Å². The fourth-order valence-corrected chi connectivity index (χ4v) is 1.43. The van der Waals surface area contributed by atoms with Crippen molar-refractivity contribution in [3.05, 3.63) is 34.6 Å². The fraction of sp³-hybridized carbons (Fsp3) is 0.364. The highest BCUT2D eigenvalue weighted by atomic mass is 35.5. The summed E-state index contributed by atoms with van der Waals surface area (Å²) >= 11 is 5.62. The Hall–Kier alpha value is -1.14. The van der Waals surface area contributed by atoms with Gasteiger partial charge in [-0.15, -0.1) is 0 Å². The van der Waals surface area contributed by atoms with Crippen LogP contribution in [0.5, 0.6) is 0 Å². The minimum absolute atomic E-state index is 0.110. The van der Waals surface area contributed by atoms with E-state index in [1.54, 1.807) is 0 Å². The first-order chi connectivity index (χ1) is 8.07. The molecule has 18 heavy (non-hydrogen) atoms. The van der Waals surface area contributed by atoms with E-state index in [4.69, 9.17) is 17.3 Å². The van der Waals surface area contributed by atoms with Crippen molar-refractivity contribution in [1.82, 2.24) is 0 Å². The first-order valence-corrected chi connectivity index (χ1v) is 5.27. The number of carbonyl (C=O) groups is 1. The van der Waals surface area contributed by atoms with E-state index < -0.39 is 29.7 Å². The molecule has 0 saturated heterocycles. The van der Waals surface area contributed by atoms with Crippen molar-refractivity contribution in [1.29, 1.82) is 0 Å². The van der Waals surface area contributed by atoms with Gasteiger partial charge in [-0.25, -0.2) is 4.39 Å². The maximum atomic E-state index is 13.3. The van der Waals surface area contributed by atoms with E-state index >= 15 is 0 Å². The lowest BCUT2D eigenvalue weighted by Gasteiger charge is -2.26. The third kappa shape index (κ3) is 2.81. The summed E-state index contributed by atoms with van der Waals surface area (Å²) in [5.41, 5.74) is 1.63. The Morgan fingerprint density at radius 1 is 1.39 bits per heavy atom. The smallest absolute Gasteiger partial charge is 0.312 e. The van der Waals surface area contributed by atoms with Crippen LogP contribution in [0, 0.1) is 5.82 Å². The Morgan fingerprint density at radius 3 is 2.39 bits per heavy atom. The van der Waals surface area contributed by atoms with E-state index in [-0.39, 0.29) is 10.6 Å². The average molecular weight is 284 g/mol. The van der Waals surface area contributed by atoms with E-state index in [0.717, 1.165) is 6.07 Å². The van der Waals surface area contributed by atoms with Gasteiger partial charge in [-0.1, -0.05) is 17.7 Å². The van der Waals surface area contributed by atoms with Crippen LogP contribution in [0.25, 0.3) is 0 Å². The second kappa shape index (κ2) is 4.85. The number of carbonyl (C=O) groups excluding carboxylic acids is 1. The molecule has 1 rings (SSSR count). The van der Waals surface area contributed by atoms with Crippen LogP contribution >= 0.6 is 11.6 Å². The van der Waals surface area contributed by atoms with Gasteiger partial charge in [0.1, 0.15) is 5.82 Å². The number of hydrogen-bond donors (Lipinski definition) is 1. The third-order valence-corrected chi connectivity index (χ3v) is 2.92. The molecule has 2 nitrogen and oxygen atoms in total. The highest BCUT2D eigenvalue weighted by Crippen LogP contribution is 2.30. The average Bonchev–Trinajstić information content (AvgIpc) is 2.21. The molecule has 0 fully saturated rings. The quantitative estimate of drug-likeness (QED) is 0.867. The Kier molecular flexibility index (Phi) is 4.02. The van der Waals surface area contributed by atoms with Crippen molar-refractivity contribution >= 4 is 17.4 Å². The first kappa shape index (κ1) is 14.9. The molecule has 1 aromatic carbocycles. The lowest BCUT2D eigenvalue weighted by atomic mass is 9.92. The fourth-order valence-electron chi connectivity index (χ4n) is 1.20. The molecule has 1 aromatic rings. The van der Waals surface area contributed by atoms with Crippen molar-refractivity contribution in [2.75, 3.05) is 0 Å². The molecule has 1 atom stereocenters. The summed E-state index contributed by atoms with van der Waals surface area (Å²) in [6.07, 6.45) is -5.71. The van der Waals surface area contributed by atoms with Crippen LogP contribution in [0.4, 0.5) is 17.6 Å². The lowest BCUT2D eigenvalue weighted by Crippen LogP contribution is -2.57. The molecule has 0 bridgehead atoms. The molecule has 0 radical (unpaired) electrons. The summed E-state index contributed by atoms with van der Waals surface area (Å²) in [5, 5.41) is -0.110. The van der Waals surface area contributed by atoms with Crippen molar-refractivity contribution in [2.45, 2.75) is 25.1 Å². The largest absolute Gasteiger partial charge is 0.413 e. The van der Waals surface area contributed by atoms with E-state index in [0.29, 0.717) is 6.92 Å². The molecule has 100 valence electrons. The van der Waals surface area contributed by atoms with E-state index in [9.17, 15) is 22.4 Å². The Labute approximate surface area is 106 Å². The lowest BCUT2D eigenvalue weighted by molar-refractivity contribution is -0.185. The Balaban J connectivity index is 3.03. The number of alkyl halides is 3. The predicted octanol–water partition coefficient (Wildman–Crippen LogP) is 2.87. The first-order valence-electron chi connectivity index (χ1n) is 4.89. The van der Waals surface area contributed by atoms with Crippen molar-refractivity contribution < 1.29 is 22.4 Å². The molecule has 1 unspecified atom stereocenters.